The minimum Gasteiger partial charge on any atom is -0.466 e. The van der Waals surface area contributed by atoms with E-state index in [1.807, 2.05) is 19.1 Å². The molecule has 88 valence electrons. The minimum absolute atomic E-state index is 0.0495. The van der Waals surface area contributed by atoms with E-state index in [0.717, 1.165) is 0 Å². The minimum atomic E-state index is -0.259. The Bertz CT molecular complexity index is 334. The number of rotatable bonds is 2. The number of fused-ring (bicyclic) bond motifs is 1. The van der Waals surface area contributed by atoms with Gasteiger partial charge in [-0.2, -0.15) is 0 Å². The van der Waals surface area contributed by atoms with Crippen molar-refractivity contribution in [3.05, 3.63) is 12.2 Å². The van der Waals surface area contributed by atoms with E-state index in [9.17, 15) is 9.59 Å². The van der Waals surface area contributed by atoms with Crippen LogP contribution >= 0.6 is 0 Å². The largest absolute Gasteiger partial charge is 0.466 e. The summed E-state index contributed by atoms with van der Waals surface area (Å²) in [6.45, 7) is 4.46. The molecule has 2 rings (SSSR count). The molecule has 0 aromatic carbocycles. The normalized spacial score (nSPS) is 36.8. The molecule has 0 aromatic heterocycles. The van der Waals surface area contributed by atoms with Gasteiger partial charge in [-0.1, -0.05) is 19.1 Å². The van der Waals surface area contributed by atoms with Gasteiger partial charge in [-0.15, -0.1) is 0 Å². The van der Waals surface area contributed by atoms with E-state index in [1.54, 1.807) is 6.92 Å². The van der Waals surface area contributed by atoms with Crippen LogP contribution in [0.25, 0.3) is 0 Å². The van der Waals surface area contributed by atoms with Gasteiger partial charge >= 0.3 is 11.9 Å². The highest BCUT2D eigenvalue weighted by Gasteiger charge is 2.47. The van der Waals surface area contributed by atoms with Crippen molar-refractivity contribution in [1.29, 1.82) is 0 Å². The van der Waals surface area contributed by atoms with Gasteiger partial charge in [0.1, 0.15) is 0 Å². The quantitative estimate of drug-likeness (QED) is 0.521. The molecule has 0 amide bonds. The number of hydrogen-bond acceptors (Lipinski definition) is 4. The van der Waals surface area contributed by atoms with Crippen molar-refractivity contribution < 1.29 is 19.1 Å². The first-order chi connectivity index (χ1) is 7.65. The Morgan fingerprint density at radius 2 is 2.31 bits per heavy atom. The summed E-state index contributed by atoms with van der Waals surface area (Å²) < 4.78 is 10.1. The molecule has 0 radical (unpaired) electrons. The van der Waals surface area contributed by atoms with Crippen molar-refractivity contribution >= 4 is 11.9 Å². The maximum Gasteiger partial charge on any atom is 0.313 e. The summed E-state index contributed by atoms with van der Waals surface area (Å²) in [6, 6.07) is 0. The second-order valence-corrected chi connectivity index (χ2v) is 4.34. The SMILES string of the molecule is CCOC(=O)[C@H]1[C@@H]2COC(=O)[C@@H]2C=C[C@@H]1C. The van der Waals surface area contributed by atoms with Crippen molar-refractivity contribution in [1.82, 2.24) is 0 Å². The van der Waals surface area contributed by atoms with Crippen molar-refractivity contribution in [3.8, 4) is 0 Å². The molecule has 16 heavy (non-hydrogen) atoms. The van der Waals surface area contributed by atoms with Gasteiger partial charge < -0.3 is 9.47 Å². The molecular weight excluding hydrogens is 208 g/mol. The number of cyclic esters (lactones) is 1. The Labute approximate surface area is 94.6 Å². The Hall–Kier alpha value is -1.32. The summed E-state index contributed by atoms with van der Waals surface area (Å²) in [6.07, 6.45) is 3.77. The van der Waals surface area contributed by atoms with Crippen LogP contribution in [-0.2, 0) is 19.1 Å². The molecule has 4 heteroatoms. The molecule has 0 unspecified atom stereocenters. The van der Waals surface area contributed by atoms with E-state index in [1.165, 1.54) is 0 Å². The van der Waals surface area contributed by atoms with Gasteiger partial charge in [-0.3, -0.25) is 9.59 Å². The van der Waals surface area contributed by atoms with E-state index < -0.39 is 0 Å². The molecule has 2 aliphatic rings. The fourth-order valence-electron chi connectivity index (χ4n) is 2.53. The van der Waals surface area contributed by atoms with Crippen molar-refractivity contribution in [2.45, 2.75) is 13.8 Å². The molecule has 1 aliphatic carbocycles. The number of carbonyl (C=O) groups is 2. The molecule has 0 spiro atoms. The molecule has 0 saturated carbocycles. The van der Waals surface area contributed by atoms with Crippen LogP contribution in [0.3, 0.4) is 0 Å². The Kier molecular flexibility index (Phi) is 2.99. The third-order valence-corrected chi connectivity index (χ3v) is 3.36. The third-order valence-electron chi connectivity index (χ3n) is 3.36. The Morgan fingerprint density at radius 1 is 1.56 bits per heavy atom. The summed E-state index contributed by atoms with van der Waals surface area (Å²) in [7, 11) is 0. The van der Waals surface area contributed by atoms with Gasteiger partial charge in [0.15, 0.2) is 0 Å². The van der Waals surface area contributed by atoms with E-state index in [-0.39, 0.29) is 35.6 Å². The Balaban J connectivity index is 2.20. The molecule has 0 aromatic rings. The van der Waals surface area contributed by atoms with Gasteiger partial charge in [-0.05, 0) is 12.8 Å². The summed E-state index contributed by atoms with van der Waals surface area (Å²) in [5.41, 5.74) is 0. The zero-order valence-electron chi connectivity index (χ0n) is 9.51. The summed E-state index contributed by atoms with van der Waals surface area (Å²) in [5.74, 6) is -0.886. The number of carbonyl (C=O) groups excluding carboxylic acids is 2. The topological polar surface area (TPSA) is 52.6 Å². The fraction of sp³-hybridized carbons (Fsp3) is 0.667. The van der Waals surface area contributed by atoms with Crippen molar-refractivity contribution in [3.63, 3.8) is 0 Å². The van der Waals surface area contributed by atoms with E-state index in [0.29, 0.717) is 13.2 Å². The van der Waals surface area contributed by atoms with Gasteiger partial charge in [-0.25, -0.2) is 0 Å². The second kappa shape index (κ2) is 4.28. The second-order valence-electron chi connectivity index (χ2n) is 4.34. The summed E-state index contributed by atoms with van der Waals surface area (Å²) in [4.78, 5) is 23.3. The van der Waals surface area contributed by atoms with Crippen LogP contribution in [0.15, 0.2) is 12.2 Å². The van der Waals surface area contributed by atoms with Crippen LogP contribution in [0.1, 0.15) is 13.8 Å². The summed E-state index contributed by atoms with van der Waals surface area (Å²) >= 11 is 0. The first-order valence-electron chi connectivity index (χ1n) is 5.66. The van der Waals surface area contributed by atoms with E-state index in [4.69, 9.17) is 9.47 Å². The van der Waals surface area contributed by atoms with Crippen molar-refractivity contribution in [2.24, 2.45) is 23.7 Å². The van der Waals surface area contributed by atoms with Gasteiger partial charge in [0.05, 0.1) is 25.0 Å². The predicted octanol–water partition coefficient (Wildman–Crippen LogP) is 1.16. The number of hydrogen-bond donors (Lipinski definition) is 0. The zero-order valence-corrected chi connectivity index (χ0v) is 9.51. The Morgan fingerprint density at radius 3 is 3.00 bits per heavy atom. The van der Waals surface area contributed by atoms with Crippen LogP contribution in [0.4, 0.5) is 0 Å². The first-order valence-corrected chi connectivity index (χ1v) is 5.66. The van der Waals surface area contributed by atoms with E-state index >= 15 is 0 Å². The molecule has 0 bridgehead atoms. The van der Waals surface area contributed by atoms with Crippen LogP contribution in [0.5, 0.6) is 0 Å². The molecule has 1 aliphatic heterocycles. The summed E-state index contributed by atoms with van der Waals surface area (Å²) in [5, 5.41) is 0. The number of esters is 2. The van der Waals surface area contributed by atoms with Crippen LogP contribution in [0.2, 0.25) is 0 Å². The number of allylic oxidation sites excluding steroid dienone is 1. The smallest absolute Gasteiger partial charge is 0.313 e. The fourth-order valence-corrected chi connectivity index (χ4v) is 2.53. The lowest BCUT2D eigenvalue weighted by Gasteiger charge is -2.29. The lowest BCUT2D eigenvalue weighted by atomic mass is 9.72. The van der Waals surface area contributed by atoms with Gasteiger partial charge in [0.25, 0.3) is 0 Å². The number of ether oxygens (including phenoxy) is 2. The highest BCUT2D eigenvalue weighted by atomic mass is 16.5. The maximum absolute atomic E-state index is 11.8. The molecule has 1 fully saturated rings. The highest BCUT2D eigenvalue weighted by molar-refractivity contribution is 5.81. The van der Waals surface area contributed by atoms with Crippen LogP contribution < -0.4 is 0 Å². The third kappa shape index (κ3) is 1.72. The molecule has 4 atom stereocenters. The molecule has 0 N–H and O–H groups in total. The lowest BCUT2D eigenvalue weighted by Crippen LogP contribution is -2.37. The van der Waals surface area contributed by atoms with Crippen molar-refractivity contribution in [2.75, 3.05) is 13.2 Å². The first kappa shape index (κ1) is 11.2. The van der Waals surface area contributed by atoms with Gasteiger partial charge in [0.2, 0.25) is 0 Å². The molecule has 1 saturated heterocycles. The maximum atomic E-state index is 11.8. The van der Waals surface area contributed by atoms with Crippen LogP contribution in [-0.4, -0.2) is 25.2 Å². The zero-order chi connectivity index (χ0) is 11.7. The highest BCUT2D eigenvalue weighted by Crippen LogP contribution is 2.39. The lowest BCUT2D eigenvalue weighted by molar-refractivity contribution is -0.152. The average molecular weight is 224 g/mol. The molecule has 4 nitrogen and oxygen atoms in total. The predicted molar refractivity (Wildman–Crippen MR) is 56.4 cm³/mol. The molecule has 1 heterocycles. The monoisotopic (exact) mass is 224 g/mol. The van der Waals surface area contributed by atoms with E-state index in [2.05, 4.69) is 0 Å². The standard InChI is InChI=1S/C12H16O4/c1-3-15-12(14)10-7(2)4-5-8-9(10)6-16-11(8)13/h4-5,7-10H,3,6H2,1-2H3/t7-,8+,9+,10+/m0/s1. The van der Waals surface area contributed by atoms with Gasteiger partial charge in [0, 0.05) is 5.92 Å². The van der Waals surface area contributed by atoms with Crippen LogP contribution in [0, 0.1) is 23.7 Å². The average Bonchev–Trinajstić information content (AvgIpc) is 2.60. The molecular formula is C12H16O4.